The quantitative estimate of drug-likeness (QED) is 0.896. The number of hydrogen-bond donors (Lipinski definition) is 2. The number of amides is 1. The molecule has 3 rings (SSSR count). The number of fused-ring (bicyclic) bond motifs is 1. The Morgan fingerprint density at radius 3 is 2.78 bits per heavy atom. The van der Waals surface area contributed by atoms with Gasteiger partial charge in [-0.15, -0.1) is 11.3 Å². The van der Waals surface area contributed by atoms with Crippen molar-refractivity contribution in [2.75, 3.05) is 6.54 Å². The summed E-state index contributed by atoms with van der Waals surface area (Å²) < 4.78 is 38.2. The summed E-state index contributed by atoms with van der Waals surface area (Å²) in [6.45, 7) is 2.09. The van der Waals surface area contributed by atoms with Gasteiger partial charge in [0.25, 0.3) is 5.91 Å². The Kier molecular flexibility index (Phi) is 4.05. The van der Waals surface area contributed by atoms with Crippen molar-refractivity contribution in [2.24, 2.45) is 11.7 Å². The normalized spacial score (nSPS) is 16.6. The Morgan fingerprint density at radius 1 is 1.48 bits per heavy atom. The van der Waals surface area contributed by atoms with Crippen molar-refractivity contribution in [3.8, 4) is 0 Å². The molecule has 3 N–H and O–H groups in total. The van der Waals surface area contributed by atoms with Crippen LogP contribution in [0.3, 0.4) is 0 Å². The third kappa shape index (κ3) is 3.32. The number of carbonyl (C=O) groups excluding carboxylic acids is 1. The second kappa shape index (κ2) is 5.76. The van der Waals surface area contributed by atoms with Crippen LogP contribution in [0.25, 0.3) is 10.2 Å². The SMILES string of the molecule is Cc1c(C(=O)NCC(N)C2CC2)sc2nc(C(F)(F)F)ccc12. The van der Waals surface area contributed by atoms with Gasteiger partial charge in [-0.2, -0.15) is 13.2 Å². The van der Waals surface area contributed by atoms with E-state index in [2.05, 4.69) is 10.3 Å². The molecule has 124 valence electrons. The van der Waals surface area contributed by atoms with Gasteiger partial charge in [0.2, 0.25) is 0 Å². The molecule has 23 heavy (non-hydrogen) atoms. The molecule has 4 nitrogen and oxygen atoms in total. The molecule has 1 amide bonds. The average Bonchev–Trinajstić information content (AvgIpc) is 3.28. The maximum atomic E-state index is 12.7. The van der Waals surface area contributed by atoms with Crippen molar-refractivity contribution >= 4 is 27.5 Å². The number of alkyl halides is 3. The zero-order valence-corrected chi connectivity index (χ0v) is 13.2. The van der Waals surface area contributed by atoms with E-state index in [4.69, 9.17) is 5.73 Å². The number of carbonyl (C=O) groups is 1. The van der Waals surface area contributed by atoms with E-state index in [1.807, 2.05) is 0 Å². The van der Waals surface area contributed by atoms with Crippen LogP contribution >= 0.6 is 11.3 Å². The summed E-state index contributed by atoms with van der Waals surface area (Å²) in [5, 5.41) is 3.33. The molecular formula is C15H16F3N3OS. The van der Waals surface area contributed by atoms with E-state index in [1.165, 1.54) is 6.07 Å². The number of aromatic nitrogens is 1. The number of pyridine rings is 1. The Labute approximate surface area is 134 Å². The molecule has 2 heterocycles. The molecule has 1 atom stereocenters. The molecule has 1 fully saturated rings. The van der Waals surface area contributed by atoms with E-state index in [0.717, 1.165) is 30.2 Å². The Bertz CT molecular complexity index is 752. The van der Waals surface area contributed by atoms with Crippen LogP contribution in [0.4, 0.5) is 13.2 Å². The summed E-state index contributed by atoms with van der Waals surface area (Å²) in [7, 11) is 0. The van der Waals surface area contributed by atoms with Crippen molar-refractivity contribution in [3.63, 3.8) is 0 Å². The van der Waals surface area contributed by atoms with Crippen molar-refractivity contribution in [1.82, 2.24) is 10.3 Å². The van der Waals surface area contributed by atoms with E-state index in [1.54, 1.807) is 6.92 Å². The fourth-order valence-corrected chi connectivity index (χ4v) is 3.55. The van der Waals surface area contributed by atoms with Gasteiger partial charge in [-0.1, -0.05) is 0 Å². The van der Waals surface area contributed by atoms with E-state index < -0.39 is 11.9 Å². The lowest BCUT2D eigenvalue weighted by atomic mass is 10.1. The second-order valence-electron chi connectivity index (χ2n) is 5.81. The van der Waals surface area contributed by atoms with Gasteiger partial charge in [0, 0.05) is 18.0 Å². The number of nitrogens with one attached hydrogen (secondary N) is 1. The number of nitrogens with zero attached hydrogens (tertiary/aromatic N) is 1. The fourth-order valence-electron chi connectivity index (χ4n) is 2.46. The Balaban J connectivity index is 1.82. The highest BCUT2D eigenvalue weighted by atomic mass is 32.1. The number of rotatable bonds is 4. The van der Waals surface area contributed by atoms with E-state index >= 15 is 0 Å². The first-order valence-electron chi connectivity index (χ1n) is 7.28. The molecule has 0 aromatic carbocycles. The van der Waals surface area contributed by atoms with Crippen molar-refractivity contribution in [2.45, 2.75) is 32.0 Å². The van der Waals surface area contributed by atoms with Crippen LogP contribution in [-0.4, -0.2) is 23.5 Å². The molecule has 1 saturated carbocycles. The van der Waals surface area contributed by atoms with Crippen LogP contribution in [-0.2, 0) is 6.18 Å². The molecule has 1 aliphatic rings. The molecule has 0 saturated heterocycles. The van der Waals surface area contributed by atoms with Gasteiger partial charge in [-0.05, 0) is 43.4 Å². The van der Waals surface area contributed by atoms with Crippen LogP contribution in [0, 0.1) is 12.8 Å². The zero-order valence-electron chi connectivity index (χ0n) is 12.4. The van der Waals surface area contributed by atoms with E-state index in [-0.39, 0.29) is 16.8 Å². The van der Waals surface area contributed by atoms with Gasteiger partial charge < -0.3 is 11.1 Å². The Hall–Kier alpha value is -1.67. The lowest BCUT2D eigenvalue weighted by Gasteiger charge is -2.11. The minimum absolute atomic E-state index is 0.0661. The molecule has 0 radical (unpaired) electrons. The molecule has 1 aliphatic carbocycles. The number of aryl methyl sites for hydroxylation is 1. The maximum absolute atomic E-state index is 12.7. The first-order valence-corrected chi connectivity index (χ1v) is 8.10. The molecule has 1 unspecified atom stereocenters. The second-order valence-corrected chi connectivity index (χ2v) is 6.81. The highest BCUT2D eigenvalue weighted by Crippen LogP contribution is 2.34. The van der Waals surface area contributed by atoms with Crippen molar-refractivity contribution in [3.05, 3.63) is 28.3 Å². The fraction of sp³-hybridized carbons (Fsp3) is 0.467. The smallest absolute Gasteiger partial charge is 0.350 e. The van der Waals surface area contributed by atoms with Gasteiger partial charge in [0.1, 0.15) is 10.5 Å². The van der Waals surface area contributed by atoms with Crippen molar-refractivity contribution in [1.29, 1.82) is 0 Å². The molecule has 2 aromatic heterocycles. The molecule has 0 bridgehead atoms. The molecular weight excluding hydrogens is 327 g/mol. The predicted molar refractivity (Wildman–Crippen MR) is 82.4 cm³/mol. The van der Waals surface area contributed by atoms with Crippen LogP contribution in [0.2, 0.25) is 0 Å². The molecule has 2 aromatic rings. The lowest BCUT2D eigenvalue weighted by molar-refractivity contribution is -0.140. The summed E-state index contributed by atoms with van der Waals surface area (Å²) in [6, 6.07) is 2.24. The van der Waals surface area contributed by atoms with Crippen LogP contribution in [0.1, 0.15) is 33.8 Å². The number of halogens is 3. The summed E-state index contributed by atoms with van der Waals surface area (Å²) in [5.74, 6) is 0.157. The molecule has 0 spiro atoms. The van der Waals surface area contributed by atoms with Crippen molar-refractivity contribution < 1.29 is 18.0 Å². The van der Waals surface area contributed by atoms with Crippen LogP contribution in [0.15, 0.2) is 12.1 Å². The highest BCUT2D eigenvalue weighted by molar-refractivity contribution is 7.20. The lowest BCUT2D eigenvalue weighted by Crippen LogP contribution is -2.38. The maximum Gasteiger partial charge on any atom is 0.433 e. The average molecular weight is 343 g/mol. The van der Waals surface area contributed by atoms with Gasteiger partial charge in [0.15, 0.2) is 0 Å². The minimum atomic E-state index is -4.49. The Morgan fingerprint density at radius 2 is 2.17 bits per heavy atom. The van der Waals surface area contributed by atoms with Gasteiger partial charge in [-0.3, -0.25) is 4.79 Å². The molecule has 8 heteroatoms. The zero-order chi connectivity index (χ0) is 16.8. The number of hydrogen-bond acceptors (Lipinski definition) is 4. The standard InChI is InChI=1S/C15H16F3N3OS/c1-7-9-4-5-11(15(16,17)18)21-14(9)23-12(7)13(22)20-6-10(19)8-2-3-8/h4-5,8,10H,2-3,6,19H2,1H3,(H,20,22). The van der Waals surface area contributed by atoms with Gasteiger partial charge in [0.05, 0.1) is 4.88 Å². The van der Waals surface area contributed by atoms with E-state index in [9.17, 15) is 18.0 Å². The minimum Gasteiger partial charge on any atom is -0.350 e. The predicted octanol–water partition coefficient (Wildman–Crippen LogP) is 3.09. The topological polar surface area (TPSA) is 68.0 Å². The largest absolute Gasteiger partial charge is 0.433 e. The first kappa shape index (κ1) is 16.2. The third-order valence-electron chi connectivity index (χ3n) is 4.03. The summed E-state index contributed by atoms with van der Waals surface area (Å²) in [4.78, 5) is 16.5. The first-order chi connectivity index (χ1) is 10.8. The highest BCUT2D eigenvalue weighted by Gasteiger charge is 2.33. The van der Waals surface area contributed by atoms with Crippen LogP contribution < -0.4 is 11.1 Å². The summed E-state index contributed by atoms with van der Waals surface area (Å²) in [5.41, 5.74) is 5.63. The monoisotopic (exact) mass is 343 g/mol. The van der Waals surface area contributed by atoms with E-state index in [0.29, 0.717) is 28.3 Å². The van der Waals surface area contributed by atoms with Gasteiger partial charge >= 0.3 is 6.18 Å². The number of thiophene rings is 1. The molecule has 0 aliphatic heterocycles. The number of nitrogens with two attached hydrogens (primary N) is 1. The summed E-state index contributed by atoms with van der Waals surface area (Å²) >= 11 is 0.974. The summed E-state index contributed by atoms with van der Waals surface area (Å²) in [6.07, 6.45) is -2.32. The van der Waals surface area contributed by atoms with Gasteiger partial charge in [-0.25, -0.2) is 4.98 Å². The van der Waals surface area contributed by atoms with Crippen LogP contribution in [0.5, 0.6) is 0 Å². The third-order valence-corrected chi connectivity index (χ3v) is 5.23.